The van der Waals surface area contributed by atoms with E-state index in [0.29, 0.717) is 13.2 Å². The molecule has 0 bridgehead atoms. The lowest BCUT2D eigenvalue weighted by Gasteiger charge is -2.19. The average molecular weight is 188 g/mol. The summed E-state index contributed by atoms with van der Waals surface area (Å²) in [6, 6.07) is -0.208. The molecule has 0 heterocycles. The number of ether oxygens (including phenoxy) is 1. The van der Waals surface area contributed by atoms with Gasteiger partial charge in [-0.25, -0.2) is 0 Å². The predicted molar refractivity (Wildman–Crippen MR) is 52.7 cm³/mol. The van der Waals surface area contributed by atoms with Crippen molar-refractivity contribution in [3.63, 3.8) is 0 Å². The molecular weight excluding hydrogens is 168 g/mol. The Morgan fingerprint density at radius 1 is 1.46 bits per heavy atom. The van der Waals surface area contributed by atoms with E-state index in [-0.39, 0.29) is 12.0 Å². The average Bonchev–Trinajstić information content (AvgIpc) is 2.03. The quantitative estimate of drug-likeness (QED) is 0.600. The Hall–Kier alpha value is -0.610. The fourth-order valence-electron chi connectivity index (χ4n) is 1.08. The van der Waals surface area contributed by atoms with E-state index in [9.17, 15) is 4.79 Å². The Morgan fingerprint density at radius 3 is 2.46 bits per heavy atom. The van der Waals surface area contributed by atoms with Crippen LogP contribution in [-0.4, -0.2) is 50.7 Å². The van der Waals surface area contributed by atoms with Gasteiger partial charge in [0.1, 0.15) is 6.04 Å². The van der Waals surface area contributed by atoms with Gasteiger partial charge in [-0.2, -0.15) is 0 Å². The molecule has 1 atom stereocenters. The van der Waals surface area contributed by atoms with Crippen LogP contribution >= 0.6 is 0 Å². The van der Waals surface area contributed by atoms with Gasteiger partial charge in [0.25, 0.3) is 0 Å². The molecular formula is C9H20N2O2. The highest BCUT2D eigenvalue weighted by atomic mass is 16.5. The molecule has 0 saturated heterocycles. The van der Waals surface area contributed by atoms with E-state index in [1.54, 1.807) is 0 Å². The maximum Gasteiger partial charge on any atom is 0.324 e. The Labute approximate surface area is 80.2 Å². The summed E-state index contributed by atoms with van der Waals surface area (Å²) in [4.78, 5) is 13.3. The highest BCUT2D eigenvalue weighted by Crippen LogP contribution is 1.91. The minimum Gasteiger partial charge on any atom is -0.465 e. The number of nitrogens with zero attached hydrogens (tertiary/aromatic N) is 1. The van der Waals surface area contributed by atoms with Crippen molar-refractivity contribution >= 4 is 5.97 Å². The second-order valence-corrected chi connectivity index (χ2v) is 3.12. The highest BCUT2D eigenvalue weighted by molar-refractivity contribution is 5.76. The zero-order valence-corrected chi connectivity index (χ0v) is 8.96. The van der Waals surface area contributed by atoms with Gasteiger partial charge in [0, 0.05) is 6.54 Å². The second-order valence-electron chi connectivity index (χ2n) is 3.12. The van der Waals surface area contributed by atoms with Crippen LogP contribution in [0.5, 0.6) is 0 Å². The molecule has 4 nitrogen and oxygen atoms in total. The Kier molecular flexibility index (Phi) is 6.54. The summed E-state index contributed by atoms with van der Waals surface area (Å²) < 4.78 is 4.93. The van der Waals surface area contributed by atoms with Crippen molar-refractivity contribution in [2.75, 3.05) is 33.8 Å². The monoisotopic (exact) mass is 188 g/mol. The molecule has 0 aromatic carbocycles. The van der Waals surface area contributed by atoms with Gasteiger partial charge in [0.05, 0.1) is 6.61 Å². The number of esters is 1. The smallest absolute Gasteiger partial charge is 0.324 e. The maximum absolute atomic E-state index is 11.4. The minimum atomic E-state index is -0.208. The van der Waals surface area contributed by atoms with Crippen molar-refractivity contribution in [1.29, 1.82) is 0 Å². The molecule has 0 fully saturated rings. The van der Waals surface area contributed by atoms with Gasteiger partial charge in [-0.1, -0.05) is 6.92 Å². The van der Waals surface area contributed by atoms with Crippen LogP contribution in [0.15, 0.2) is 0 Å². The Bertz CT molecular complexity index is 149. The summed E-state index contributed by atoms with van der Waals surface area (Å²) in [6.07, 6.45) is 0. The maximum atomic E-state index is 11.4. The zero-order chi connectivity index (χ0) is 10.3. The first-order valence-corrected chi connectivity index (χ1v) is 4.66. The summed E-state index contributed by atoms with van der Waals surface area (Å²) in [6.45, 7) is 5.68. The van der Waals surface area contributed by atoms with E-state index in [1.165, 1.54) is 0 Å². The summed E-state index contributed by atoms with van der Waals surface area (Å²) in [5, 5.41) is 3.08. The van der Waals surface area contributed by atoms with Crippen LogP contribution < -0.4 is 5.32 Å². The number of rotatable bonds is 6. The van der Waals surface area contributed by atoms with Gasteiger partial charge in [0.15, 0.2) is 0 Å². The van der Waals surface area contributed by atoms with Gasteiger partial charge in [-0.3, -0.25) is 4.79 Å². The summed E-state index contributed by atoms with van der Waals surface area (Å²) in [7, 11) is 3.87. The molecule has 0 aliphatic rings. The zero-order valence-electron chi connectivity index (χ0n) is 8.96. The first-order chi connectivity index (χ1) is 6.11. The Morgan fingerprint density at radius 2 is 2.08 bits per heavy atom. The number of nitrogens with one attached hydrogen (secondary N) is 1. The van der Waals surface area contributed by atoms with Crippen molar-refractivity contribution in [3.05, 3.63) is 0 Å². The molecule has 78 valence electrons. The molecule has 13 heavy (non-hydrogen) atoms. The van der Waals surface area contributed by atoms with Crippen molar-refractivity contribution in [2.24, 2.45) is 0 Å². The van der Waals surface area contributed by atoms with E-state index in [4.69, 9.17) is 4.74 Å². The third-order valence-corrected chi connectivity index (χ3v) is 1.57. The van der Waals surface area contributed by atoms with E-state index in [2.05, 4.69) is 5.32 Å². The first-order valence-electron chi connectivity index (χ1n) is 4.66. The first kappa shape index (κ1) is 12.4. The summed E-state index contributed by atoms with van der Waals surface area (Å²) in [5.41, 5.74) is 0. The molecule has 4 heteroatoms. The lowest BCUT2D eigenvalue weighted by molar-refractivity contribution is -0.146. The predicted octanol–water partition coefficient (Wildman–Crippen LogP) is 0.0892. The largest absolute Gasteiger partial charge is 0.465 e. The normalized spacial score (nSPS) is 13.0. The van der Waals surface area contributed by atoms with E-state index in [0.717, 1.165) is 6.54 Å². The number of hydrogen-bond donors (Lipinski definition) is 1. The number of likely N-dealkylation sites (N-methyl/N-ethyl adjacent to an activating group) is 2. The van der Waals surface area contributed by atoms with Crippen molar-refractivity contribution in [1.82, 2.24) is 10.2 Å². The van der Waals surface area contributed by atoms with Crippen LogP contribution in [0.2, 0.25) is 0 Å². The third-order valence-electron chi connectivity index (χ3n) is 1.57. The molecule has 0 amide bonds. The van der Waals surface area contributed by atoms with Crippen LogP contribution in [0.4, 0.5) is 0 Å². The van der Waals surface area contributed by atoms with Gasteiger partial charge >= 0.3 is 5.97 Å². The molecule has 0 aliphatic heterocycles. The van der Waals surface area contributed by atoms with Gasteiger partial charge in [0.2, 0.25) is 0 Å². The third kappa shape index (κ3) is 5.60. The van der Waals surface area contributed by atoms with Crippen LogP contribution in [0.25, 0.3) is 0 Å². The van der Waals surface area contributed by atoms with Gasteiger partial charge < -0.3 is 15.0 Å². The molecule has 1 N–H and O–H groups in total. The number of carbonyl (C=O) groups is 1. The van der Waals surface area contributed by atoms with Crippen molar-refractivity contribution in [3.8, 4) is 0 Å². The van der Waals surface area contributed by atoms with Crippen LogP contribution in [0, 0.1) is 0 Å². The van der Waals surface area contributed by atoms with E-state index < -0.39 is 0 Å². The van der Waals surface area contributed by atoms with E-state index in [1.807, 2.05) is 32.8 Å². The summed E-state index contributed by atoms with van der Waals surface area (Å²) >= 11 is 0. The fourth-order valence-corrected chi connectivity index (χ4v) is 1.08. The number of hydrogen-bond acceptors (Lipinski definition) is 4. The Balaban J connectivity index is 3.98. The fraction of sp³-hybridized carbons (Fsp3) is 0.889. The molecule has 0 rings (SSSR count). The number of carbonyl (C=O) groups excluding carboxylic acids is 1. The van der Waals surface area contributed by atoms with Crippen LogP contribution in [-0.2, 0) is 9.53 Å². The van der Waals surface area contributed by atoms with Crippen molar-refractivity contribution in [2.45, 2.75) is 19.9 Å². The lowest BCUT2D eigenvalue weighted by Crippen LogP contribution is -2.45. The topological polar surface area (TPSA) is 41.6 Å². The molecule has 0 radical (unpaired) electrons. The second kappa shape index (κ2) is 6.86. The van der Waals surface area contributed by atoms with Crippen LogP contribution in [0.1, 0.15) is 13.8 Å². The lowest BCUT2D eigenvalue weighted by atomic mass is 10.3. The van der Waals surface area contributed by atoms with Gasteiger partial charge in [-0.15, -0.1) is 0 Å². The van der Waals surface area contributed by atoms with Crippen molar-refractivity contribution < 1.29 is 9.53 Å². The summed E-state index contributed by atoms with van der Waals surface area (Å²) in [5.74, 6) is -0.168. The SMILES string of the molecule is CCNC(CN(C)C)C(=O)OCC. The molecule has 1 unspecified atom stereocenters. The van der Waals surface area contributed by atoms with Crippen LogP contribution in [0.3, 0.4) is 0 Å². The minimum absolute atomic E-state index is 0.168. The standard InChI is InChI=1S/C9H20N2O2/c1-5-10-8(7-11(3)4)9(12)13-6-2/h8,10H,5-7H2,1-4H3. The highest BCUT2D eigenvalue weighted by Gasteiger charge is 2.18. The molecule has 0 spiro atoms. The van der Waals surface area contributed by atoms with E-state index >= 15 is 0 Å². The molecule has 0 aromatic heterocycles. The molecule has 0 aliphatic carbocycles. The molecule has 0 aromatic rings. The van der Waals surface area contributed by atoms with Gasteiger partial charge in [-0.05, 0) is 27.6 Å². The molecule has 0 saturated carbocycles.